The third-order valence-electron chi connectivity index (χ3n) is 11.1. The van der Waals surface area contributed by atoms with E-state index in [0.717, 1.165) is 103 Å². The molecular formula is C53H95NO5. The van der Waals surface area contributed by atoms with E-state index in [0.29, 0.717) is 19.3 Å². The number of aliphatic hydroxyl groups excluding tert-OH is 2. The monoisotopic (exact) mass is 826 g/mol. The number of nitrogens with one attached hydrogen (secondary N) is 1. The van der Waals surface area contributed by atoms with Gasteiger partial charge < -0.3 is 20.3 Å². The average molecular weight is 826 g/mol. The van der Waals surface area contributed by atoms with Crippen LogP contribution in [0.4, 0.5) is 0 Å². The summed E-state index contributed by atoms with van der Waals surface area (Å²) in [5.74, 6) is -0.528. The summed E-state index contributed by atoms with van der Waals surface area (Å²) in [6, 6.07) is -0.713. The summed E-state index contributed by atoms with van der Waals surface area (Å²) in [6.07, 6.45) is 57.1. The molecule has 3 N–H and O–H groups in total. The minimum Gasteiger partial charge on any atom is -0.462 e. The molecule has 0 spiro atoms. The predicted octanol–water partition coefficient (Wildman–Crippen LogP) is 14.8. The summed E-state index contributed by atoms with van der Waals surface area (Å²) in [7, 11) is 0. The third-order valence-corrected chi connectivity index (χ3v) is 11.1. The molecule has 0 aliphatic carbocycles. The van der Waals surface area contributed by atoms with Gasteiger partial charge in [-0.1, -0.05) is 197 Å². The summed E-state index contributed by atoms with van der Waals surface area (Å²) in [6.45, 7) is 6.33. The second-order valence-electron chi connectivity index (χ2n) is 16.8. The van der Waals surface area contributed by atoms with Gasteiger partial charge >= 0.3 is 5.97 Å². The molecule has 6 nitrogen and oxygen atoms in total. The van der Waals surface area contributed by atoms with Crippen molar-refractivity contribution in [3.63, 3.8) is 0 Å². The Bertz CT molecular complexity index is 1060. The minimum absolute atomic E-state index is 0.0526. The normalized spacial score (nSPS) is 13.8. The molecule has 0 aromatic carbocycles. The second-order valence-corrected chi connectivity index (χ2v) is 16.8. The number of hydrogen-bond acceptors (Lipinski definition) is 5. The molecule has 0 aromatic rings. The lowest BCUT2D eigenvalue weighted by molar-refractivity contribution is -0.151. The van der Waals surface area contributed by atoms with Gasteiger partial charge in [0.05, 0.1) is 25.2 Å². The van der Waals surface area contributed by atoms with Crippen LogP contribution in [0, 0.1) is 0 Å². The van der Waals surface area contributed by atoms with E-state index in [2.05, 4.69) is 86.8 Å². The lowest BCUT2D eigenvalue weighted by Gasteiger charge is -2.24. The summed E-state index contributed by atoms with van der Waals surface area (Å²) in [4.78, 5) is 26.1. The fourth-order valence-corrected chi connectivity index (χ4v) is 7.30. The maximum atomic E-state index is 13.2. The summed E-state index contributed by atoms with van der Waals surface area (Å²) in [5, 5.41) is 23.7. The molecular weight excluding hydrogens is 731 g/mol. The lowest BCUT2D eigenvalue weighted by Crippen LogP contribution is -2.46. The molecule has 0 saturated carbocycles. The Labute approximate surface area is 365 Å². The Kier molecular flexibility index (Phi) is 44.7. The number of amides is 1. The molecule has 0 aromatic heterocycles. The zero-order valence-electron chi connectivity index (χ0n) is 38.9. The highest BCUT2D eigenvalue weighted by atomic mass is 16.5. The van der Waals surface area contributed by atoms with Crippen LogP contribution in [0.2, 0.25) is 0 Å². The van der Waals surface area contributed by atoms with Crippen LogP contribution in [0.5, 0.6) is 0 Å². The SMILES string of the molecule is CC/C=C/C/C=C/C/C=C/C/C=C/CCCCCC(=O)OC(CCCCC/C=C\CCCCC)CC(=O)NC(CO)C(O)CCCCCCCCCCCCCCCC. The molecule has 0 rings (SSSR count). The van der Waals surface area contributed by atoms with Crippen LogP contribution >= 0.6 is 0 Å². The fraction of sp³-hybridized carbons (Fsp3) is 0.774. The van der Waals surface area contributed by atoms with Crippen molar-refractivity contribution in [1.82, 2.24) is 5.32 Å². The van der Waals surface area contributed by atoms with Gasteiger partial charge in [0, 0.05) is 6.42 Å². The molecule has 59 heavy (non-hydrogen) atoms. The van der Waals surface area contributed by atoms with Gasteiger partial charge in [-0.25, -0.2) is 0 Å². The van der Waals surface area contributed by atoms with Crippen LogP contribution in [0.15, 0.2) is 60.8 Å². The molecule has 0 radical (unpaired) electrons. The average Bonchev–Trinajstić information content (AvgIpc) is 3.23. The largest absolute Gasteiger partial charge is 0.462 e. The maximum Gasteiger partial charge on any atom is 0.306 e. The van der Waals surface area contributed by atoms with E-state index in [4.69, 9.17) is 4.74 Å². The van der Waals surface area contributed by atoms with Gasteiger partial charge in [-0.05, 0) is 89.9 Å². The molecule has 0 bridgehead atoms. The molecule has 0 aliphatic heterocycles. The van der Waals surface area contributed by atoms with E-state index in [1.54, 1.807) is 0 Å². The first-order chi connectivity index (χ1) is 29.0. The highest BCUT2D eigenvalue weighted by molar-refractivity contribution is 5.77. The molecule has 6 heteroatoms. The summed E-state index contributed by atoms with van der Waals surface area (Å²) >= 11 is 0. The molecule has 3 unspecified atom stereocenters. The first kappa shape index (κ1) is 56.6. The highest BCUT2D eigenvalue weighted by Gasteiger charge is 2.24. The van der Waals surface area contributed by atoms with Gasteiger partial charge in [-0.2, -0.15) is 0 Å². The molecule has 0 fully saturated rings. The standard InChI is InChI=1S/C53H95NO5/c1-4-7-10-13-16-19-22-24-26-27-29-31-34-37-40-43-46-53(58)59-49(44-41-38-35-32-21-18-15-12-9-6-3)47-52(57)54-50(48-55)51(56)45-42-39-36-33-30-28-25-23-20-17-14-11-8-5-2/h7,10,16,18-19,21,24,26,29,31,49-51,55-56H,4-6,8-9,11-15,17,20,22-23,25,27-28,30,32-48H2,1-3H3,(H,54,57)/b10-7+,19-16+,21-18-,26-24+,31-29+. The van der Waals surface area contributed by atoms with Crippen molar-refractivity contribution >= 4 is 11.9 Å². The topological polar surface area (TPSA) is 95.9 Å². The number of carbonyl (C=O) groups excluding carboxylic acids is 2. The molecule has 342 valence electrons. The van der Waals surface area contributed by atoms with Crippen molar-refractivity contribution in [3.05, 3.63) is 60.8 Å². The van der Waals surface area contributed by atoms with Gasteiger partial charge in [0.1, 0.15) is 6.10 Å². The molecule has 0 heterocycles. The van der Waals surface area contributed by atoms with Crippen molar-refractivity contribution in [3.8, 4) is 0 Å². The summed E-state index contributed by atoms with van der Waals surface area (Å²) in [5.41, 5.74) is 0. The fourth-order valence-electron chi connectivity index (χ4n) is 7.30. The molecule has 0 saturated heterocycles. The van der Waals surface area contributed by atoms with Gasteiger partial charge in [-0.3, -0.25) is 9.59 Å². The first-order valence-electron chi connectivity index (χ1n) is 25.0. The van der Waals surface area contributed by atoms with E-state index in [-0.39, 0.29) is 24.9 Å². The van der Waals surface area contributed by atoms with Gasteiger partial charge in [-0.15, -0.1) is 0 Å². The van der Waals surface area contributed by atoms with Crippen molar-refractivity contribution < 1.29 is 24.5 Å². The van der Waals surface area contributed by atoms with Crippen molar-refractivity contribution in [2.75, 3.05) is 6.61 Å². The lowest BCUT2D eigenvalue weighted by atomic mass is 10.0. The van der Waals surface area contributed by atoms with Crippen LogP contribution < -0.4 is 5.32 Å². The van der Waals surface area contributed by atoms with Crippen LogP contribution in [-0.4, -0.2) is 46.9 Å². The summed E-state index contributed by atoms with van der Waals surface area (Å²) < 4.78 is 5.89. The Morgan fingerprint density at radius 3 is 1.44 bits per heavy atom. The minimum atomic E-state index is -0.797. The van der Waals surface area contributed by atoms with E-state index in [1.165, 1.54) is 89.9 Å². The van der Waals surface area contributed by atoms with E-state index in [9.17, 15) is 19.8 Å². The van der Waals surface area contributed by atoms with Gasteiger partial charge in [0.2, 0.25) is 5.91 Å². The Hall–Kier alpha value is -2.44. The van der Waals surface area contributed by atoms with E-state index in [1.807, 2.05) is 0 Å². The van der Waals surface area contributed by atoms with Crippen molar-refractivity contribution in [2.24, 2.45) is 0 Å². The van der Waals surface area contributed by atoms with Crippen LogP contribution in [-0.2, 0) is 14.3 Å². The Morgan fingerprint density at radius 2 is 0.915 bits per heavy atom. The maximum absolute atomic E-state index is 13.2. The van der Waals surface area contributed by atoms with Gasteiger partial charge in [0.15, 0.2) is 0 Å². The van der Waals surface area contributed by atoms with Crippen LogP contribution in [0.1, 0.15) is 239 Å². The number of allylic oxidation sites excluding steroid dienone is 10. The van der Waals surface area contributed by atoms with Gasteiger partial charge in [0.25, 0.3) is 0 Å². The predicted molar refractivity (Wildman–Crippen MR) is 255 cm³/mol. The Balaban J connectivity index is 4.57. The smallest absolute Gasteiger partial charge is 0.306 e. The quantitative estimate of drug-likeness (QED) is 0.0323. The highest BCUT2D eigenvalue weighted by Crippen LogP contribution is 2.17. The number of ether oxygens (including phenoxy) is 1. The molecule has 3 atom stereocenters. The first-order valence-corrected chi connectivity index (χ1v) is 25.0. The number of rotatable bonds is 44. The van der Waals surface area contributed by atoms with Crippen LogP contribution in [0.3, 0.4) is 0 Å². The van der Waals surface area contributed by atoms with Crippen molar-refractivity contribution in [1.29, 1.82) is 0 Å². The molecule has 0 aliphatic rings. The third kappa shape index (κ3) is 42.1. The number of hydrogen-bond donors (Lipinski definition) is 3. The number of esters is 1. The second kappa shape index (κ2) is 46.6. The number of unbranched alkanes of at least 4 members (excludes halogenated alkanes) is 22. The molecule has 1 amide bonds. The number of aliphatic hydroxyl groups is 2. The number of carbonyl (C=O) groups is 2. The zero-order valence-corrected chi connectivity index (χ0v) is 38.9. The zero-order chi connectivity index (χ0) is 43.1. The van der Waals surface area contributed by atoms with Crippen LogP contribution in [0.25, 0.3) is 0 Å². The van der Waals surface area contributed by atoms with Crippen molar-refractivity contribution in [2.45, 2.75) is 257 Å². The van der Waals surface area contributed by atoms with E-state index < -0.39 is 18.2 Å². The Morgan fingerprint density at radius 1 is 0.508 bits per heavy atom. The van der Waals surface area contributed by atoms with E-state index >= 15 is 0 Å².